The lowest BCUT2D eigenvalue weighted by molar-refractivity contribution is 0.660. The van der Waals surface area contributed by atoms with Gasteiger partial charge in [0, 0.05) is 62.8 Å². The van der Waals surface area contributed by atoms with Crippen LogP contribution in [0.4, 0.5) is 17.1 Å². The van der Waals surface area contributed by atoms with Gasteiger partial charge in [-0.05, 0) is 87.6 Å². The minimum absolute atomic E-state index is 0.0690. The molecule has 7 aromatic carbocycles. The quantitative estimate of drug-likeness (QED) is 0.189. The summed E-state index contributed by atoms with van der Waals surface area (Å²) in [5.74, 6) is 0. The normalized spacial score (nSPS) is 13.6. The maximum atomic E-state index is 2.46. The average molecular weight is 624 g/mol. The van der Waals surface area contributed by atoms with Crippen molar-refractivity contribution in [1.29, 1.82) is 0 Å². The molecule has 2 aromatic heterocycles. The van der Waals surface area contributed by atoms with Gasteiger partial charge in [-0.15, -0.1) is 22.7 Å². The van der Waals surface area contributed by atoms with Crippen molar-refractivity contribution in [2.75, 3.05) is 4.90 Å². The fourth-order valence-corrected chi connectivity index (χ4v) is 10.0. The lowest BCUT2D eigenvalue weighted by Crippen LogP contribution is -2.16. The summed E-state index contributed by atoms with van der Waals surface area (Å²) < 4.78 is 5.29. The van der Waals surface area contributed by atoms with Crippen LogP contribution in [0.25, 0.3) is 62.2 Å². The van der Waals surface area contributed by atoms with Gasteiger partial charge in [0.15, 0.2) is 0 Å². The van der Waals surface area contributed by atoms with Gasteiger partial charge in [0.2, 0.25) is 0 Å². The Morgan fingerprint density at radius 1 is 0.413 bits per heavy atom. The number of nitrogens with zero attached hydrogens (tertiary/aromatic N) is 1. The van der Waals surface area contributed by atoms with Crippen molar-refractivity contribution >= 4 is 90.9 Å². The molecule has 46 heavy (non-hydrogen) atoms. The highest BCUT2D eigenvalue weighted by molar-refractivity contribution is 7.26. The first-order valence-corrected chi connectivity index (χ1v) is 17.5. The molecule has 0 saturated carbocycles. The molecule has 0 unspecified atom stereocenters. The Bertz CT molecular complexity index is 2690. The van der Waals surface area contributed by atoms with Crippen molar-refractivity contribution in [2.24, 2.45) is 0 Å². The summed E-state index contributed by atoms with van der Waals surface area (Å²) in [4.78, 5) is 2.46. The number of fused-ring (bicyclic) bond motifs is 10. The Morgan fingerprint density at radius 3 is 1.76 bits per heavy atom. The molecule has 1 aliphatic rings. The molecule has 0 bridgehead atoms. The Labute approximate surface area is 275 Å². The third kappa shape index (κ3) is 3.73. The standard InChI is InChI=1S/C43H29NS2/c1-43(2)37-13-7-5-11-31(37)32-18-15-28(23-38(32)43)44(29-16-19-34-33-12-6-8-14-39(33)45-41(34)24-29)30-17-20-35-36-21-26-9-3-4-10-27(26)22-40(36)46-42(35)25-30/h3-25H,1-2H3. The van der Waals surface area contributed by atoms with Crippen molar-refractivity contribution in [3.05, 3.63) is 151 Å². The van der Waals surface area contributed by atoms with Gasteiger partial charge in [0.1, 0.15) is 0 Å². The minimum Gasteiger partial charge on any atom is -0.310 e. The Morgan fingerprint density at radius 2 is 0.957 bits per heavy atom. The monoisotopic (exact) mass is 623 g/mol. The summed E-state index contributed by atoms with van der Waals surface area (Å²) in [7, 11) is 0. The van der Waals surface area contributed by atoms with Crippen LogP contribution in [0.2, 0.25) is 0 Å². The highest BCUT2D eigenvalue weighted by Crippen LogP contribution is 2.51. The molecule has 9 aromatic rings. The smallest absolute Gasteiger partial charge is 0.0476 e. The summed E-state index contributed by atoms with van der Waals surface area (Å²) >= 11 is 3.77. The zero-order chi connectivity index (χ0) is 30.6. The highest BCUT2D eigenvalue weighted by Gasteiger charge is 2.35. The molecule has 0 atom stereocenters. The lowest BCUT2D eigenvalue weighted by atomic mass is 9.82. The second-order valence-electron chi connectivity index (χ2n) is 13.0. The van der Waals surface area contributed by atoms with E-state index in [1.54, 1.807) is 0 Å². The van der Waals surface area contributed by atoms with E-state index in [1.807, 2.05) is 22.7 Å². The maximum Gasteiger partial charge on any atom is 0.0476 e. The van der Waals surface area contributed by atoms with Crippen molar-refractivity contribution in [1.82, 2.24) is 0 Å². The highest BCUT2D eigenvalue weighted by atomic mass is 32.1. The fourth-order valence-electron chi connectivity index (χ4n) is 7.72. The molecule has 10 rings (SSSR count). The number of benzene rings is 7. The predicted molar refractivity (Wildman–Crippen MR) is 202 cm³/mol. The van der Waals surface area contributed by atoms with Crippen LogP contribution in [0.3, 0.4) is 0 Å². The first-order chi connectivity index (χ1) is 22.5. The molecule has 0 fully saturated rings. The SMILES string of the molecule is CC1(C)c2ccccc2-c2ccc(N(c3ccc4c(c3)sc3ccccc34)c3ccc4c(c3)sc3cc5ccccc5cc34)cc21. The summed E-state index contributed by atoms with van der Waals surface area (Å²) in [6.07, 6.45) is 0. The maximum absolute atomic E-state index is 2.46. The molecule has 2 heterocycles. The molecule has 1 nitrogen and oxygen atoms in total. The molecule has 1 aliphatic carbocycles. The van der Waals surface area contributed by atoms with E-state index in [9.17, 15) is 0 Å². The van der Waals surface area contributed by atoms with E-state index < -0.39 is 0 Å². The van der Waals surface area contributed by atoms with Crippen LogP contribution in [-0.2, 0) is 5.41 Å². The van der Waals surface area contributed by atoms with Crippen LogP contribution in [-0.4, -0.2) is 0 Å². The fraction of sp³-hybridized carbons (Fsp3) is 0.0698. The van der Waals surface area contributed by atoms with Gasteiger partial charge in [0.05, 0.1) is 0 Å². The number of hydrogen-bond acceptors (Lipinski definition) is 3. The van der Waals surface area contributed by atoms with E-state index in [2.05, 4.69) is 158 Å². The molecule has 0 N–H and O–H groups in total. The third-order valence-electron chi connectivity index (χ3n) is 10.0. The molecular weight excluding hydrogens is 595 g/mol. The van der Waals surface area contributed by atoms with Crippen molar-refractivity contribution in [3.63, 3.8) is 0 Å². The van der Waals surface area contributed by atoms with E-state index in [0.717, 1.165) is 0 Å². The first-order valence-electron chi connectivity index (χ1n) is 15.8. The van der Waals surface area contributed by atoms with E-state index in [1.165, 1.54) is 90.4 Å². The number of thiophene rings is 2. The molecule has 0 aliphatic heterocycles. The van der Waals surface area contributed by atoms with Gasteiger partial charge in [-0.2, -0.15) is 0 Å². The van der Waals surface area contributed by atoms with E-state index in [-0.39, 0.29) is 5.41 Å². The van der Waals surface area contributed by atoms with Gasteiger partial charge in [-0.1, -0.05) is 98.8 Å². The summed E-state index contributed by atoms with van der Waals surface area (Å²) in [5, 5.41) is 7.89. The van der Waals surface area contributed by atoms with E-state index in [4.69, 9.17) is 0 Å². The number of rotatable bonds is 3. The zero-order valence-electron chi connectivity index (χ0n) is 25.5. The van der Waals surface area contributed by atoms with Gasteiger partial charge >= 0.3 is 0 Å². The van der Waals surface area contributed by atoms with E-state index in [0.29, 0.717) is 0 Å². The topological polar surface area (TPSA) is 3.24 Å². The molecule has 0 saturated heterocycles. The Hall–Kier alpha value is -4.96. The molecule has 0 spiro atoms. The first kappa shape index (κ1) is 26.3. The van der Waals surface area contributed by atoms with Gasteiger partial charge < -0.3 is 4.90 Å². The lowest BCUT2D eigenvalue weighted by Gasteiger charge is -2.28. The van der Waals surface area contributed by atoms with Crippen molar-refractivity contribution < 1.29 is 0 Å². The summed E-state index contributed by atoms with van der Waals surface area (Å²) in [6.45, 7) is 4.73. The van der Waals surface area contributed by atoms with Crippen LogP contribution in [0.5, 0.6) is 0 Å². The van der Waals surface area contributed by atoms with Crippen molar-refractivity contribution in [3.8, 4) is 11.1 Å². The van der Waals surface area contributed by atoms with Gasteiger partial charge in [-0.3, -0.25) is 0 Å². The molecule has 3 heteroatoms. The Balaban J connectivity index is 1.19. The van der Waals surface area contributed by atoms with Gasteiger partial charge in [0.25, 0.3) is 0 Å². The zero-order valence-corrected chi connectivity index (χ0v) is 27.2. The second kappa shape index (κ2) is 9.53. The van der Waals surface area contributed by atoms with Crippen LogP contribution in [0.15, 0.2) is 140 Å². The molecular formula is C43H29NS2. The second-order valence-corrected chi connectivity index (χ2v) is 15.2. The number of anilines is 3. The Kier molecular flexibility index (Phi) is 5.44. The molecule has 0 amide bonds. The molecule has 218 valence electrons. The van der Waals surface area contributed by atoms with Crippen LogP contribution < -0.4 is 4.90 Å². The van der Waals surface area contributed by atoms with Crippen LogP contribution in [0.1, 0.15) is 25.0 Å². The summed E-state index contributed by atoms with van der Waals surface area (Å²) in [6, 6.07) is 52.2. The minimum atomic E-state index is -0.0690. The van der Waals surface area contributed by atoms with Crippen molar-refractivity contribution in [2.45, 2.75) is 19.3 Å². The number of hydrogen-bond donors (Lipinski definition) is 0. The van der Waals surface area contributed by atoms with Gasteiger partial charge in [-0.25, -0.2) is 0 Å². The van der Waals surface area contributed by atoms with Crippen LogP contribution >= 0.6 is 22.7 Å². The summed E-state index contributed by atoms with van der Waals surface area (Å²) in [5.41, 5.74) is 8.96. The van der Waals surface area contributed by atoms with E-state index >= 15 is 0 Å². The van der Waals surface area contributed by atoms with Crippen LogP contribution in [0, 0.1) is 0 Å². The molecule has 0 radical (unpaired) electrons. The average Bonchev–Trinajstić information content (AvgIpc) is 3.71. The third-order valence-corrected chi connectivity index (χ3v) is 12.3. The largest absolute Gasteiger partial charge is 0.310 e. The predicted octanol–water partition coefficient (Wildman–Crippen LogP) is 13.4.